The van der Waals surface area contributed by atoms with E-state index in [4.69, 9.17) is 4.98 Å². The first kappa shape index (κ1) is 27.4. The largest absolute Gasteiger partial charge is 0.256 e. The molecule has 0 radical (unpaired) electrons. The topological polar surface area (TPSA) is 12.9 Å². The molecule has 0 amide bonds. The summed E-state index contributed by atoms with van der Waals surface area (Å²) in [5, 5.41) is 11.5. The van der Waals surface area contributed by atoms with Crippen LogP contribution in [-0.2, 0) is 0 Å². The predicted molar refractivity (Wildman–Crippen MR) is 213 cm³/mol. The molecule has 50 heavy (non-hydrogen) atoms. The van der Waals surface area contributed by atoms with Crippen LogP contribution >= 0.6 is 0 Å². The molecule has 0 N–H and O–H groups in total. The summed E-state index contributed by atoms with van der Waals surface area (Å²) < 4.78 is 0. The molecule has 1 heteroatoms. The average molecular weight is 632 g/mol. The van der Waals surface area contributed by atoms with Gasteiger partial charge in [0.1, 0.15) is 0 Å². The lowest BCUT2D eigenvalue weighted by Gasteiger charge is -2.13. The van der Waals surface area contributed by atoms with Gasteiger partial charge in [-0.05, 0) is 123 Å². The van der Waals surface area contributed by atoms with Crippen LogP contribution in [0, 0.1) is 0 Å². The number of rotatable bonds is 3. The fraction of sp³-hybridized carbons (Fsp3) is 0. The van der Waals surface area contributed by atoms with Crippen LogP contribution in [0.5, 0.6) is 0 Å². The Morgan fingerprint density at radius 3 is 1.66 bits per heavy atom. The Kier molecular flexibility index (Phi) is 5.73. The number of hydrogen-bond acceptors (Lipinski definition) is 1. The van der Waals surface area contributed by atoms with Gasteiger partial charge in [0, 0.05) is 17.1 Å². The van der Waals surface area contributed by atoms with Gasteiger partial charge >= 0.3 is 0 Å². The lowest BCUT2D eigenvalue weighted by Crippen LogP contribution is -1.87. The van der Waals surface area contributed by atoms with E-state index in [0.29, 0.717) is 0 Å². The fourth-order valence-electron chi connectivity index (χ4n) is 8.48. The molecular formula is C49H29N. The highest BCUT2D eigenvalue weighted by Gasteiger charge is 2.27. The summed E-state index contributed by atoms with van der Waals surface area (Å²) in [5.74, 6) is 0. The SMILES string of the molecule is c1cc(-c2ccc3ccccc3c2)cc(-c2cnc3ccc(-c4ccc5c6c(cccc46)-c4c-5c5ccccc5c5ccccc45)cc3c2)c1. The number of fused-ring (bicyclic) bond motifs is 10. The summed E-state index contributed by atoms with van der Waals surface area (Å²) >= 11 is 0. The third kappa shape index (κ3) is 3.98. The van der Waals surface area contributed by atoms with E-state index in [-0.39, 0.29) is 0 Å². The number of pyridine rings is 1. The molecule has 11 rings (SSSR count). The monoisotopic (exact) mass is 631 g/mol. The normalized spacial score (nSPS) is 12.0. The summed E-state index contributed by atoms with van der Waals surface area (Å²) in [6, 6.07) is 62.3. The van der Waals surface area contributed by atoms with E-state index in [9.17, 15) is 0 Å². The molecule has 1 aliphatic rings. The molecule has 0 saturated carbocycles. The Balaban J connectivity index is 1.04. The first-order valence-electron chi connectivity index (χ1n) is 17.3. The van der Waals surface area contributed by atoms with Gasteiger partial charge in [0.2, 0.25) is 0 Å². The summed E-state index contributed by atoms with van der Waals surface area (Å²) in [4.78, 5) is 4.92. The molecule has 0 aliphatic heterocycles. The van der Waals surface area contributed by atoms with Crippen molar-refractivity contribution in [3.8, 4) is 55.6 Å². The zero-order valence-corrected chi connectivity index (χ0v) is 27.2. The first-order chi connectivity index (χ1) is 24.8. The highest BCUT2D eigenvalue weighted by atomic mass is 14.6. The maximum atomic E-state index is 4.92. The van der Waals surface area contributed by atoms with Gasteiger partial charge in [0.15, 0.2) is 0 Å². The molecule has 9 aromatic carbocycles. The van der Waals surface area contributed by atoms with E-state index in [1.807, 2.05) is 6.20 Å². The molecule has 0 fully saturated rings. The van der Waals surface area contributed by atoms with Crippen molar-refractivity contribution in [3.63, 3.8) is 0 Å². The minimum absolute atomic E-state index is 0.999. The number of aromatic nitrogens is 1. The van der Waals surface area contributed by atoms with Crippen LogP contribution in [0.2, 0.25) is 0 Å². The highest BCUT2D eigenvalue weighted by molar-refractivity contribution is 6.31. The van der Waals surface area contributed by atoms with Crippen LogP contribution in [0.15, 0.2) is 176 Å². The van der Waals surface area contributed by atoms with Crippen LogP contribution in [0.25, 0.3) is 110 Å². The molecule has 0 bridgehead atoms. The van der Waals surface area contributed by atoms with Crippen LogP contribution in [0.1, 0.15) is 0 Å². The zero-order valence-electron chi connectivity index (χ0n) is 27.2. The third-order valence-corrected chi connectivity index (χ3v) is 10.8. The van der Waals surface area contributed by atoms with E-state index in [1.54, 1.807) is 0 Å². The minimum atomic E-state index is 0.999. The van der Waals surface area contributed by atoms with Gasteiger partial charge < -0.3 is 0 Å². The van der Waals surface area contributed by atoms with Crippen molar-refractivity contribution in [2.24, 2.45) is 0 Å². The second-order valence-corrected chi connectivity index (χ2v) is 13.5. The molecule has 1 nitrogen and oxygen atoms in total. The molecule has 0 atom stereocenters. The Morgan fingerprint density at radius 2 is 0.860 bits per heavy atom. The van der Waals surface area contributed by atoms with Crippen LogP contribution in [0.3, 0.4) is 0 Å². The second-order valence-electron chi connectivity index (χ2n) is 13.5. The third-order valence-electron chi connectivity index (χ3n) is 10.8. The lowest BCUT2D eigenvalue weighted by molar-refractivity contribution is 1.41. The molecule has 1 aliphatic carbocycles. The minimum Gasteiger partial charge on any atom is -0.256 e. The van der Waals surface area contributed by atoms with Gasteiger partial charge in [0.05, 0.1) is 5.52 Å². The zero-order chi connectivity index (χ0) is 32.8. The van der Waals surface area contributed by atoms with Gasteiger partial charge in [-0.3, -0.25) is 4.98 Å². The molecular weight excluding hydrogens is 603 g/mol. The van der Waals surface area contributed by atoms with Crippen LogP contribution in [-0.4, -0.2) is 4.98 Å². The Bertz CT molecular complexity index is 2970. The fourth-order valence-corrected chi connectivity index (χ4v) is 8.48. The van der Waals surface area contributed by atoms with Crippen molar-refractivity contribution in [1.29, 1.82) is 0 Å². The smallest absolute Gasteiger partial charge is 0.0702 e. The summed E-state index contributed by atoms with van der Waals surface area (Å²) in [6.45, 7) is 0. The molecule has 0 saturated heterocycles. The Morgan fingerprint density at radius 1 is 0.300 bits per heavy atom. The second kappa shape index (κ2) is 10.5. The van der Waals surface area contributed by atoms with Crippen LogP contribution in [0.4, 0.5) is 0 Å². The molecule has 1 heterocycles. The number of hydrogen-bond donors (Lipinski definition) is 0. The van der Waals surface area contributed by atoms with Crippen molar-refractivity contribution in [3.05, 3.63) is 176 Å². The van der Waals surface area contributed by atoms with E-state index in [2.05, 4.69) is 170 Å². The van der Waals surface area contributed by atoms with E-state index in [0.717, 1.165) is 22.0 Å². The van der Waals surface area contributed by atoms with Crippen LogP contribution < -0.4 is 0 Å². The molecule has 230 valence electrons. The quantitative estimate of drug-likeness (QED) is 0.177. The Hall–Kier alpha value is -6.57. The van der Waals surface area contributed by atoms with Crippen molar-refractivity contribution in [2.45, 2.75) is 0 Å². The van der Waals surface area contributed by atoms with Gasteiger partial charge in [-0.2, -0.15) is 0 Å². The standard InChI is InChI=1S/C49H29N/c1-2-10-31-25-34(20-19-30(31)9-1)32-11-7-12-33(26-32)37-28-36-27-35(21-24-46(36)50-29-37)38-22-23-45-47-41(38)17-8-18-44(47)48-42-15-5-3-13-39(42)40-14-4-6-16-43(40)49(45)48/h1-29H. The van der Waals surface area contributed by atoms with Crippen molar-refractivity contribution < 1.29 is 0 Å². The Labute approximate surface area is 289 Å². The first-order valence-corrected chi connectivity index (χ1v) is 17.3. The molecule has 10 aromatic rings. The van der Waals surface area contributed by atoms with Crippen molar-refractivity contribution in [2.75, 3.05) is 0 Å². The van der Waals surface area contributed by atoms with Crippen molar-refractivity contribution >= 4 is 54.0 Å². The maximum absolute atomic E-state index is 4.92. The van der Waals surface area contributed by atoms with Gasteiger partial charge in [-0.25, -0.2) is 0 Å². The lowest BCUT2D eigenvalue weighted by atomic mass is 9.90. The molecule has 0 unspecified atom stereocenters. The number of benzene rings is 9. The van der Waals surface area contributed by atoms with Gasteiger partial charge in [-0.15, -0.1) is 0 Å². The summed E-state index contributed by atoms with van der Waals surface area (Å²) in [6.07, 6.45) is 2.01. The highest BCUT2D eigenvalue weighted by Crippen LogP contribution is 2.54. The van der Waals surface area contributed by atoms with Gasteiger partial charge in [-0.1, -0.05) is 140 Å². The maximum Gasteiger partial charge on any atom is 0.0702 e. The van der Waals surface area contributed by atoms with E-state index >= 15 is 0 Å². The predicted octanol–water partition coefficient (Wildman–Crippen LogP) is 13.5. The average Bonchev–Trinajstić information content (AvgIpc) is 3.53. The molecule has 1 aromatic heterocycles. The van der Waals surface area contributed by atoms with Gasteiger partial charge in [0.25, 0.3) is 0 Å². The van der Waals surface area contributed by atoms with Crippen molar-refractivity contribution in [1.82, 2.24) is 4.98 Å². The summed E-state index contributed by atoms with van der Waals surface area (Å²) in [7, 11) is 0. The molecule has 0 spiro atoms. The van der Waals surface area contributed by atoms with E-state index < -0.39 is 0 Å². The summed E-state index contributed by atoms with van der Waals surface area (Å²) in [5.41, 5.74) is 13.5. The number of nitrogens with zero attached hydrogens (tertiary/aromatic N) is 1. The van der Waals surface area contributed by atoms with E-state index in [1.165, 1.54) is 87.6 Å².